The molecule has 2 fully saturated rings. The first-order valence-electron chi connectivity index (χ1n) is 6.95. The van der Waals surface area contributed by atoms with Crippen LogP contribution in [0.1, 0.15) is 31.2 Å². The lowest BCUT2D eigenvalue weighted by atomic mass is 9.98. The highest BCUT2D eigenvalue weighted by atomic mass is 15.2. The van der Waals surface area contributed by atoms with E-state index in [1.807, 2.05) is 30.3 Å². The van der Waals surface area contributed by atoms with Crippen molar-refractivity contribution in [2.24, 2.45) is 10.7 Å². The number of fused-ring (bicyclic) bond motifs is 1. The molecular formula is C15H21N3. The highest BCUT2D eigenvalue weighted by Gasteiger charge is 2.31. The maximum Gasteiger partial charge on any atom is 0.125 e. The molecule has 1 aromatic carbocycles. The normalized spacial score (nSPS) is 29.2. The van der Waals surface area contributed by atoms with Gasteiger partial charge in [0.05, 0.1) is 6.04 Å². The minimum atomic E-state index is 0.421. The van der Waals surface area contributed by atoms with Crippen LogP contribution in [0.25, 0.3) is 0 Å². The molecule has 2 unspecified atom stereocenters. The smallest absolute Gasteiger partial charge is 0.125 e. The Hall–Kier alpha value is -1.35. The average Bonchev–Trinajstić information content (AvgIpc) is 2.87. The number of hydrogen-bond donors (Lipinski definition) is 1. The molecule has 0 aromatic heterocycles. The minimum Gasteiger partial charge on any atom is -0.383 e. The number of piperidine rings is 1. The van der Waals surface area contributed by atoms with E-state index in [4.69, 9.17) is 10.7 Å². The fourth-order valence-electron chi connectivity index (χ4n) is 3.20. The lowest BCUT2D eigenvalue weighted by Crippen LogP contribution is -2.40. The Morgan fingerprint density at radius 1 is 1.17 bits per heavy atom. The molecule has 3 rings (SSSR count). The van der Waals surface area contributed by atoms with Gasteiger partial charge in [-0.15, -0.1) is 0 Å². The first kappa shape index (κ1) is 11.7. The number of hydrogen-bond acceptors (Lipinski definition) is 2. The summed E-state index contributed by atoms with van der Waals surface area (Å²) in [5.41, 5.74) is 7.15. The zero-order valence-electron chi connectivity index (χ0n) is 10.8. The first-order chi connectivity index (χ1) is 8.83. The standard InChI is InChI=1S/C15H21N3/c16-15(12-5-2-1-3-6-12)17-13-8-10-18-9-4-7-14(18)11-13/h1-3,5-6,13-14H,4,7-11H2,(H2,16,17). The van der Waals surface area contributed by atoms with Gasteiger partial charge in [0.1, 0.15) is 5.84 Å². The molecule has 0 radical (unpaired) electrons. The lowest BCUT2D eigenvalue weighted by molar-refractivity contribution is 0.183. The third-order valence-electron chi connectivity index (χ3n) is 4.18. The molecule has 2 saturated heterocycles. The van der Waals surface area contributed by atoms with Crippen LogP contribution >= 0.6 is 0 Å². The molecule has 0 aliphatic carbocycles. The van der Waals surface area contributed by atoms with Gasteiger partial charge >= 0.3 is 0 Å². The van der Waals surface area contributed by atoms with Crippen molar-refractivity contribution in [1.82, 2.24) is 4.90 Å². The van der Waals surface area contributed by atoms with Gasteiger partial charge in [0.15, 0.2) is 0 Å². The Kier molecular flexibility index (Phi) is 3.33. The van der Waals surface area contributed by atoms with E-state index in [-0.39, 0.29) is 0 Å². The highest BCUT2D eigenvalue weighted by Crippen LogP contribution is 2.28. The molecule has 0 spiro atoms. The van der Waals surface area contributed by atoms with E-state index < -0.39 is 0 Å². The number of aliphatic imine (C=N–C) groups is 1. The van der Waals surface area contributed by atoms with E-state index in [2.05, 4.69) is 4.90 Å². The molecule has 2 heterocycles. The van der Waals surface area contributed by atoms with Crippen molar-refractivity contribution in [3.8, 4) is 0 Å². The molecule has 18 heavy (non-hydrogen) atoms. The second-order valence-electron chi connectivity index (χ2n) is 5.39. The van der Waals surface area contributed by atoms with Gasteiger partial charge in [-0.05, 0) is 32.2 Å². The monoisotopic (exact) mass is 243 g/mol. The molecular weight excluding hydrogens is 222 g/mol. The van der Waals surface area contributed by atoms with E-state index in [1.54, 1.807) is 0 Å². The third kappa shape index (κ3) is 2.41. The molecule has 96 valence electrons. The van der Waals surface area contributed by atoms with Gasteiger partial charge < -0.3 is 10.6 Å². The van der Waals surface area contributed by atoms with Crippen LogP contribution in [-0.2, 0) is 0 Å². The lowest BCUT2D eigenvalue weighted by Gasteiger charge is -2.33. The minimum absolute atomic E-state index is 0.421. The topological polar surface area (TPSA) is 41.6 Å². The van der Waals surface area contributed by atoms with Crippen LogP contribution in [-0.4, -0.2) is 35.9 Å². The summed E-state index contributed by atoms with van der Waals surface area (Å²) in [6, 6.07) is 11.3. The molecule has 0 bridgehead atoms. The van der Waals surface area contributed by atoms with Gasteiger partial charge in [0.25, 0.3) is 0 Å². The second-order valence-corrected chi connectivity index (χ2v) is 5.39. The van der Waals surface area contributed by atoms with Gasteiger partial charge in [0.2, 0.25) is 0 Å². The van der Waals surface area contributed by atoms with E-state index in [0.29, 0.717) is 11.9 Å². The maximum atomic E-state index is 6.10. The van der Waals surface area contributed by atoms with Gasteiger partial charge in [-0.3, -0.25) is 4.99 Å². The number of amidine groups is 1. The van der Waals surface area contributed by atoms with Crippen LogP contribution in [0.3, 0.4) is 0 Å². The van der Waals surface area contributed by atoms with Gasteiger partial charge in [-0.25, -0.2) is 0 Å². The van der Waals surface area contributed by atoms with E-state index in [9.17, 15) is 0 Å². The molecule has 1 aromatic rings. The van der Waals surface area contributed by atoms with E-state index in [1.165, 1.54) is 32.4 Å². The van der Waals surface area contributed by atoms with Crippen LogP contribution < -0.4 is 5.73 Å². The summed E-state index contributed by atoms with van der Waals surface area (Å²) in [6.45, 7) is 2.48. The summed E-state index contributed by atoms with van der Waals surface area (Å²) in [5, 5.41) is 0. The quantitative estimate of drug-likeness (QED) is 0.638. The molecule has 2 aliphatic heterocycles. The number of nitrogens with two attached hydrogens (primary N) is 1. The largest absolute Gasteiger partial charge is 0.383 e. The second kappa shape index (κ2) is 5.11. The van der Waals surface area contributed by atoms with Crippen molar-refractivity contribution in [2.75, 3.05) is 13.1 Å². The van der Waals surface area contributed by atoms with Gasteiger partial charge in [-0.2, -0.15) is 0 Å². The van der Waals surface area contributed by atoms with Crippen LogP contribution in [0.4, 0.5) is 0 Å². The van der Waals surface area contributed by atoms with Crippen LogP contribution in [0.5, 0.6) is 0 Å². The van der Waals surface area contributed by atoms with Crippen LogP contribution in [0.2, 0.25) is 0 Å². The molecule has 2 N–H and O–H groups in total. The predicted molar refractivity (Wildman–Crippen MR) is 74.8 cm³/mol. The zero-order chi connectivity index (χ0) is 12.4. The number of nitrogens with zero attached hydrogens (tertiary/aromatic N) is 2. The Balaban J connectivity index is 1.69. The van der Waals surface area contributed by atoms with Crippen molar-refractivity contribution in [2.45, 2.75) is 37.8 Å². The number of benzene rings is 1. The number of rotatable bonds is 2. The molecule has 0 amide bonds. The SMILES string of the molecule is NC(=NC1CCN2CCCC2C1)c1ccccc1. The van der Waals surface area contributed by atoms with Crippen LogP contribution in [0, 0.1) is 0 Å². The average molecular weight is 243 g/mol. The summed E-state index contributed by atoms with van der Waals surface area (Å²) in [4.78, 5) is 7.35. The molecule has 3 heteroatoms. The summed E-state index contributed by atoms with van der Waals surface area (Å²) in [5.74, 6) is 0.701. The zero-order valence-corrected chi connectivity index (χ0v) is 10.8. The summed E-state index contributed by atoms with van der Waals surface area (Å²) in [7, 11) is 0. The predicted octanol–water partition coefficient (Wildman–Crippen LogP) is 2.02. The fraction of sp³-hybridized carbons (Fsp3) is 0.533. The fourth-order valence-corrected chi connectivity index (χ4v) is 3.20. The summed E-state index contributed by atoms with van der Waals surface area (Å²) >= 11 is 0. The van der Waals surface area contributed by atoms with E-state index >= 15 is 0 Å². The summed E-state index contributed by atoms with van der Waals surface area (Å²) < 4.78 is 0. The molecule has 2 atom stereocenters. The molecule has 0 saturated carbocycles. The first-order valence-corrected chi connectivity index (χ1v) is 6.95. The van der Waals surface area contributed by atoms with Gasteiger partial charge in [0, 0.05) is 18.2 Å². The Morgan fingerprint density at radius 2 is 2.00 bits per heavy atom. The van der Waals surface area contributed by atoms with Crippen molar-refractivity contribution < 1.29 is 0 Å². The molecule has 2 aliphatic rings. The van der Waals surface area contributed by atoms with Crippen molar-refractivity contribution in [3.63, 3.8) is 0 Å². The Bertz CT molecular complexity index is 427. The van der Waals surface area contributed by atoms with Gasteiger partial charge in [-0.1, -0.05) is 30.3 Å². The van der Waals surface area contributed by atoms with Crippen molar-refractivity contribution in [1.29, 1.82) is 0 Å². The Labute approximate surface area is 109 Å². The molecule has 3 nitrogen and oxygen atoms in total. The Morgan fingerprint density at radius 3 is 2.83 bits per heavy atom. The van der Waals surface area contributed by atoms with Crippen molar-refractivity contribution >= 4 is 5.84 Å². The third-order valence-corrected chi connectivity index (χ3v) is 4.18. The van der Waals surface area contributed by atoms with Crippen molar-refractivity contribution in [3.05, 3.63) is 35.9 Å². The summed E-state index contributed by atoms with van der Waals surface area (Å²) in [6.07, 6.45) is 5.05. The van der Waals surface area contributed by atoms with E-state index in [0.717, 1.165) is 18.0 Å². The van der Waals surface area contributed by atoms with Crippen LogP contribution in [0.15, 0.2) is 35.3 Å². The highest BCUT2D eigenvalue weighted by molar-refractivity contribution is 5.97. The maximum absolute atomic E-state index is 6.10.